The number of pyridine rings is 1. The normalized spacial score (nSPS) is 16.3. The van der Waals surface area contributed by atoms with Crippen LogP contribution in [0.4, 0.5) is 17.6 Å². The molecule has 1 heterocycles. The van der Waals surface area contributed by atoms with Gasteiger partial charge in [0.15, 0.2) is 0 Å². The number of esters is 1. The summed E-state index contributed by atoms with van der Waals surface area (Å²) < 4.78 is 61.2. The van der Waals surface area contributed by atoms with E-state index >= 15 is 0 Å². The van der Waals surface area contributed by atoms with Gasteiger partial charge in [-0.3, -0.25) is 0 Å². The molecule has 0 unspecified atom stereocenters. The van der Waals surface area contributed by atoms with Crippen LogP contribution in [0.5, 0.6) is 5.75 Å². The van der Waals surface area contributed by atoms with Crippen molar-refractivity contribution < 1.29 is 31.8 Å². The van der Waals surface area contributed by atoms with Crippen LogP contribution in [-0.2, 0) is 9.53 Å². The highest BCUT2D eigenvalue weighted by molar-refractivity contribution is 5.83. The highest BCUT2D eigenvalue weighted by Crippen LogP contribution is 2.43. The number of carbonyl (C=O) groups excluding carboxylic acids is 1. The molecule has 0 spiro atoms. The lowest BCUT2D eigenvalue weighted by atomic mass is 10.3. The molecule has 0 bridgehead atoms. The van der Waals surface area contributed by atoms with Crippen LogP contribution >= 0.6 is 0 Å². The first-order valence-electron chi connectivity index (χ1n) is 4.88. The summed E-state index contributed by atoms with van der Waals surface area (Å²) in [7, 11) is 1.06. The number of rotatable bonds is 3. The van der Waals surface area contributed by atoms with Crippen LogP contribution in [0.1, 0.15) is 12.8 Å². The van der Waals surface area contributed by atoms with Gasteiger partial charge < -0.3 is 9.47 Å². The van der Waals surface area contributed by atoms with Crippen molar-refractivity contribution in [2.45, 2.75) is 18.4 Å². The second-order valence-corrected chi connectivity index (χ2v) is 3.74. The average molecular weight is 265 g/mol. The van der Waals surface area contributed by atoms with Crippen molar-refractivity contribution in [3.8, 4) is 5.75 Å². The molecule has 2 rings (SSSR count). The van der Waals surface area contributed by atoms with Gasteiger partial charge in [0.25, 0.3) is 11.9 Å². The predicted molar refractivity (Wildman–Crippen MR) is 48.7 cm³/mol. The fourth-order valence-corrected chi connectivity index (χ4v) is 1.40. The molecule has 0 aromatic carbocycles. The number of carbonyl (C=O) groups is 1. The van der Waals surface area contributed by atoms with Gasteiger partial charge in [0, 0.05) is 12.8 Å². The van der Waals surface area contributed by atoms with Crippen molar-refractivity contribution in [2.24, 2.45) is 0 Å². The molecular weight excluding hydrogens is 258 g/mol. The van der Waals surface area contributed by atoms with Gasteiger partial charge in [0.05, 0.1) is 7.11 Å². The third-order valence-electron chi connectivity index (χ3n) is 2.52. The Kier molecular flexibility index (Phi) is 2.88. The summed E-state index contributed by atoms with van der Waals surface area (Å²) in [4.78, 5) is 13.7. The number of ether oxygens (including phenoxy) is 2. The van der Waals surface area contributed by atoms with E-state index < -0.39 is 40.8 Å². The molecule has 98 valence electrons. The van der Waals surface area contributed by atoms with Gasteiger partial charge in [-0.15, -0.1) is 0 Å². The Morgan fingerprint density at radius 2 is 1.67 bits per heavy atom. The Hall–Kier alpha value is -1.86. The maximum Gasteiger partial charge on any atom is 0.350 e. The van der Waals surface area contributed by atoms with Crippen molar-refractivity contribution in [3.05, 3.63) is 23.5 Å². The van der Waals surface area contributed by atoms with E-state index in [1.54, 1.807) is 0 Å². The fourth-order valence-electron chi connectivity index (χ4n) is 1.40. The highest BCUT2D eigenvalue weighted by Gasteiger charge is 2.55. The quantitative estimate of drug-likeness (QED) is 0.474. The second-order valence-electron chi connectivity index (χ2n) is 3.74. The monoisotopic (exact) mass is 265 g/mol. The molecule has 1 aromatic heterocycles. The van der Waals surface area contributed by atoms with Gasteiger partial charge in [0.2, 0.25) is 23.0 Å². The molecule has 0 saturated heterocycles. The SMILES string of the molecule is COC(=O)C1(Oc2c(F)c(F)nc(F)c2F)CC1. The Morgan fingerprint density at radius 1 is 1.17 bits per heavy atom. The summed E-state index contributed by atoms with van der Waals surface area (Å²) >= 11 is 0. The van der Waals surface area contributed by atoms with Crippen molar-refractivity contribution in [1.29, 1.82) is 0 Å². The predicted octanol–water partition coefficient (Wildman–Crippen LogP) is 1.72. The first-order chi connectivity index (χ1) is 8.41. The number of halogens is 4. The molecule has 1 fully saturated rings. The Balaban J connectivity index is 2.38. The molecule has 0 radical (unpaired) electrons. The first-order valence-corrected chi connectivity index (χ1v) is 4.88. The lowest BCUT2D eigenvalue weighted by molar-refractivity contribution is -0.151. The van der Waals surface area contributed by atoms with Gasteiger partial charge in [-0.25, -0.2) is 4.79 Å². The summed E-state index contributed by atoms with van der Waals surface area (Å²) in [5.74, 6) is -9.43. The third-order valence-corrected chi connectivity index (χ3v) is 2.52. The van der Waals surface area contributed by atoms with Crippen molar-refractivity contribution >= 4 is 5.97 Å². The molecule has 0 amide bonds. The van der Waals surface area contributed by atoms with Crippen molar-refractivity contribution in [3.63, 3.8) is 0 Å². The summed E-state index contributed by atoms with van der Waals surface area (Å²) in [6.07, 6.45) is 0.286. The van der Waals surface area contributed by atoms with Gasteiger partial charge in [-0.2, -0.15) is 22.5 Å². The summed E-state index contributed by atoms with van der Waals surface area (Å²) in [5, 5.41) is 0. The Bertz CT molecular complexity index is 490. The fraction of sp³-hybridized carbons (Fsp3) is 0.400. The molecular formula is C10H7F4NO3. The molecule has 0 atom stereocenters. The van der Waals surface area contributed by atoms with E-state index in [0.717, 1.165) is 7.11 Å². The minimum Gasteiger partial charge on any atom is -0.469 e. The summed E-state index contributed by atoms with van der Waals surface area (Å²) in [5.41, 5.74) is -1.57. The van der Waals surface area contributed by atoms with Gasteiger partial charge in [0.1, 0.15) is 0 Å². The smallest absolute Gasteiger partial charge is 0.350 e. The number of hydrogen-bond donors (Lipinski definition) is 0. The number of hydrogen-bond acceptors (Lipinski definition) is 4. The van der Waals surface area contributed by atoms with Crippen LogP contribution in [-0.4, -0.2) is 23.7 Å². The Morgan fingerprint density at radius 3 is 2.06 bits per heavy atom. The van der Waals surface area contributed by atoms with Gasteiger partial charge >= 0.3 is 5.97 Å². The lowest BCUT2D eigenvalue weighted by Gasteiger charge is -2.16. The van der Waals surface area contributed by atoms with Crippen molar-refractivity contribution in [2.75, 3.05) is 7.11 Å². The van der Waals surface area contributed by atoms with E-state index in [1.807, 2.05) is 0 Å². The molecule has 1 aliphatic carbocycles. The highest BCUT2D eigenvalue weighted by atomic mass is 19.2. The molecule has 8 heteroatoms. The summed E-state index contributed by atoms with van der Waals surface area (Å²) in [6, 6.07) is 0. The molecule has 4 nitrogen and oxygen atoms in total. The molecule has 1 aliphatic rings. The first kappa shape index (κ1) is 12.6. The van der Waals surface area contributed by atoms with Crippen LogP contribution in [0, 0.1) is 23.5 Å². The maximum atomic E-state index is 13.2. The minimum atomic E-state index is -1.84. The average Bonchev–Trinajstić information content (AvgIpc) is 3.12. The number of nitrogens with zero attached hydrogens (tertiary/aromatic N) is 1. The standard InChI is InChI=1S/C10H7F4NO3/c1-17-9(16)10(2-3-10)18-6-4(11)7(13)15-8(14)5(6)12/h2-3H2,1H3. The third kappa shape index (κ3) is 1.87. The van der Waals surface area contributed by atoms with Crippen LogP contribution < -0.4 is 4.74 Å². The van der Waals surface area contributed by atoms with E-state index in [0.29, 0.717) is 0 Å². The van der Waals surface area contributed by atoms with Crippen molar-refractivity contribution in [1.82, 2.24) is 4.98 Å². The van der Waals surface area contributed by atoms with E-state index in [1.165, 1.54) is 0 Å². The molecule has 1 saturated carbocycles. The second kappa shape index (κ2) is 4.11. The molecule has 1 aromatic rings. The topological polar surface area (TPSA) is 48.4 Å². The van der Waals surface area contributed by atoms with Crippen LogP contribution in [0.3, 0.4) is 0 Å². The van der Waals surface area contributed by atoms with Crippen LogP contribution in [0.25, 0.3) is 0 Å². The van der Waals surface area contributed by atoms with Gasteiger partial charge in [-0.1, -0.05) is 0 Å². The number of methoxy groups -OCH3 is 1. The zero-order valence-electron chi connectivity index (χ0n) is 9.10. The molecule has 0 aliphatic heterocycles. The Labute approximate surface area is 98.5 Å². The van der Waals surface area contributed by atoms with E-state index in [9.17, 15) is 22.4 Å². The van der Waals surface area contributed by atoms with Crippen LogP contribution in [0.2, 0.25) is 0 Å². The molecule has 18 heavy (non-hydrogen) atoms. The number of aromatic nitrogens is 1. The van der Waals surface area contributed by atoms with Crippen LogP contribution in [0.15, 0.2) is 0 Å². The van der Waals surface area contributed by atoms with E-state index in [2.05, 4.69) is 9.72 Å². The zero-order valence-corrected chi connectivity index (χ0v) is 9.10. The zero-order chi connectivity index (χ0) is 13.5. The lowest BCUT2D eigenvalue weighted by Crippen LogP contribution is -2.31. The maximum absolute atomic E-state index is 13.2. The van der Waals surface area contributed by atoms with Gasteiger partial charge in [-0.05, 0) is 0 Å². The van der Waals surface area contributed by atoms with E-state index in [4.69, 9.17) is 4.74 Å². The summed E-state index contributed by atoms with van der Waals surface area (Å²) in [6.45, 7) is 0. The molecule has 0 N–H and O–H groups in total. The minimum absolute atomic E-state index is 0.143. The largest absolute Gasteiger partial charge is 0.469 e. The van der Waals surface area contributed by atoms with E-state index in [-0.39, 0.29) is 12.8 Å².